The van der Waals surface area contributed by atoms with Crippen LogP contribution < -0.4 is 10.1 Å². The van der Waals surface area contributed by atoms with Crippen LogP contribution in [-0.2, 0) is 6.54 Å². The highest BCUT2D eigenvalue weighted by Gasteiger charge is 2.08. The first-order chi connectivity index (χ1) is 9.24. The first-order valence-electron chi connectivity index (χ1n) is 5.57. The number of carbonyl (C=O) groups is 1. The number of anilines is 1. The molecular weight excluding hydrogens is 266 g/mol. The van der Waals surface area contributed by atoms with Crippen LogP contribution >= 0.6 is 11.6 Å². The molecule has 1 N–H and O–H groups in total. The average molecular weight is 278 g/mol. The summed E-state index contributed by atoms with van der Waals surface area (Å²) in [6, 6.07) is 7.60. The maximum atomic E-state index is 10.9. The highest BCUT2D eigenvalue weighted by Crippen LogP contribution is 2.19. The lowest BCUT2D eigenvalue weighted by atomic mass is 10.2. The van der Waals surface area contributed by atoms with Crippen molar-refractivity contribution in [3.8, 4) is 5.75 Å². The van der Waals surface area contributed by atoms with Gasteiger partial charge in [-0.2, -0.15) is 0 Å². The Labute approximate surface area is 115 Å². The Morgan fingerprint density at radius 1 is 1.42 bits per heavy atom. The van der Waals surface area contributed by atoms with E-state index in [1.165, 1.54) is 6.33 Å². The Morgan fingerprint density at radius 3 is 3.00 bits per heavy atom. The lowest BCUT2D eigenvalue weighted by molar-refractivity contribution is 0.112. The number of ether oxygens (including phenoxy) is 1. The summed E-state index contributed by atoms with van der Waals surface area (Å²) < 4.78 is 5.14. The van der Waals surface area contributed by atoms with Crippen molar-refractivity contribution in [2.45, 2.75) is 6.54 Å². The number of aromatic nitrogens is 2. The van der Waals surface area contributed by atoms with Gasteiger partial charge >= 0.3 is 0 Å². The summed E-state index contributed by atoms with van der Waals surface area (Å²) in [6.07, 6.45) is 1.94. The topological polar surface area (TPSA) is 64.1 Å². The average Bonchev–Trinajstić information content (AvgIpc) is 2.45. The molecule has 0 atom stereocenters. The fourth-order valence-corrected chi connectivity index (χ4v) is 1.77. The summed E-state index contributed by atoms with van der Waals surface area (Å²) in [4.78, 5) is 18.7. The maximum Gasteiger partial charge on any atom is 0.156 e. The molecule has 0 saturated heterocycles. The fraction of sp³-hybridized carbons (Fsp3) is 0.154. The van der Waals surface area contributed by atoms with Gasteiger partial charge in [-0.15, -0.1) is 0 Å². The van der Waals surface area contributed by atoms with Gasteiger partial charge in [0.1, 0.15) is 23.0 Å². The normalized spacial score (nSPS) is 10.0. The zero-order valence-corrected chi connectivity index (χ0v) is 11.0. The molecule has 2 aromatic rings. The van der Waals surface area contributed by atoms with Crippen molar-refractivity contribution in [1.29, 1.82) is 0 Å². The molecule has 2 rings (SSSR count). The number of benzene rings is 1. The van der Waals surface area contributed by atoms with E-state index in [0.717, 1.165) is 11.3 Å². The number of rotatable bonds is 5. The number of hydrogen-bond donors (Lipinski definition) is 1. The van der Waals surface area contributed by atoms with Crippen molar-refractivity contribution in [1.82, 2.24) is 9.97 Å². The third-order valence-corrected chi connectivity index (χ3v) is 2.85. The van der Waals surface area contributed by atoms with Gasteiger partial charge < -0.3 is 10.1 Å². The zero-order chi connectivity index (χ0) is 13.7. The molecule has 0 bridgehead atoms. The minimum atomic E-state index is 0.137. The largest absolute Gasteiger partial charge is 0.497 e. The van der Waals surface area contributed by atoms with E-state index < -0.39 is 0 Å². The Bertz CT molecular complexity index is 590. The molecule has 0 unspecified atom stereocenters. The fourth-order valence-electron chi connectivity index (χ4n) is 1.59. The van der Waals surface area contributed by atoms with Gasteiger partial charge in [-0.05, 0) is 17.7 Å². The predicted molar refractivity (Wildman–Crippen MR) is 72.8 cm³/mol. The summed E-state index contributed by atoms with van der Waals surface area (Å²) in [5.74, 6) is 1.19. The van der Waals surface area contributed by atoms with Crippen molar-refractivity contribution in [2.75, 3.05) is 12.4 Å². The molecule has 19 heavy (non-hydrogen) atoms. The third kappa shape index (κ3) is 3.20. The molecule has 0 aliphatic carbocycles. The highest BCUT2D eigenvalue weighted by molar-refractivity contribution is 6.32. The van der Waals surface area contributed by atoms with Crippen LogP contribution in [0.5, 0.6) is 5.75 Å². The van der Waals surface area contributed by atoms with Gasteiger partial charge in [0.15, 0.2) is 6.29 Å². The summed E-state index contributed by atoms with van der Waals surface area (Å²) in [6.45, 7) is 0.505. The second-order valence-corrected chi connectivity index (χ2v) is 4.11. The number of halogens is 1. The molecule has 0 radical (unpaired) electrons. The number of methoxy groups -OCH3 is 1. The summed E-state index contributed by atoms with van der Waals surface area (Å²) in [5.41, 5.74) is 1.26. The van der Waals surface area contributed by atoms with Gasteiger partial charge in [0.2, 0.25) is 0 Å². The SMILES string of the molecule is COc1cccc(CNc2ncnc(Cl)c2C=O)c1. The molecule has 6 heteroatoms. The Kier molecular flexibility index (Phi) is 4.30. The van der Waals surface area contributed by atoms with Crippen molar-refractivity contribution >= 4 is 23.7 Å². The van der Waals surface area contributed by atoms with Crippen molar-refractivity contribution in [2.24, 2.45) is 0 Å². The summed E-state index contributed by atoms with van der Waals surface area (Å²) in [5, 5.41) is 3.19. The molecule has 0 spiro atoms. The summed E-state index contributed by atoms with van der Waals surface area (Å²) in [7, 11) is 1.61. The molecule has 98 valence electrons. The van der Waals surface area contributed by atoms with Gasteiger partial charge in [0.25, 0.3) is 0 Å². The van der Waals surface area contributed by atoms with Gasteiger partial charge in [-0.1, -0.05) is 23.7 Å². The van der Waals surface area contributed by atoms with Crippen LogP contribution in [0.4, 0.5) is 5.82 Å². The van der Waals surface area contributed by atoms with E-state index in [9.17, 15) is 4.79 Å². The van der Waals surface area contributed by atoms with E-state index in [1.807, 2.05) is 24.3 Å². The van der Waals surface area contributed by atoms with E-state index >= 15 is 0 Å². The van der Waals surface area contributed by atoms with Crippen LogP contribution in [0.25, 0.3) is 0 Å². The number of nitrogens with one attached hydrogen (secondary N) is 1. The van der Waals surface area contributed by atoms with Gasteiger partial charge in [-0.3, -0.25) is 4.79 Å². The zero-order valence-electron chi connectivity index (χ0n) is 10.3. The predicted octanol–water partition coefficient (Wildman–Crippen LogP) is 2.56. The standard InChI is InChI=1S/C13H12ClN3O2/c1-19-10-4-2-3-9(5-10)6-15-13-11(7-18)12(14)16-8-17-13/h2-5,7-8H,6H2,1H3,(H,15,16,17). The molecular formula is C13H12ClN3O2. The van der Waals surface area contributed by atoms with E-state index in [4.69, 9.17) is 16.3 Å². The quantitative estimate of drug-likeness (QED) is 0.672. The molecule has 0 saturated carbocycles. The first kappa shape index (κ1) is 13.3. The van der Waals surface area contributed by atoms with Crippen molar-refractivity contribution < 1.29 is 9.53 Å². The van der Waals surface area contributed by atoms with Crippen LogP contribution in [-0.4, -0.2) is 23.4 Å². The smallest absolute Gasteiger partial charge is 0.156 e. The number of hydrogen-bond acceptors (Lipinski definition) is 5. The summed E-state index contributed by atoms with van der Waals surface area (Å²) >= 11 is 5.82. The molecule has 0 fully saturated rings. The third-order valence-electron chi connectivity index (χ3n) is 2.55. The van der Waals surface area contributed by atoms with E-state index in [0.29, 0.717) is 18.6 Å². The van der Waals surface area contributed by atoms with E-state index in [1.54, 1.807) is 7.11 Å². The molecule has 1 aromatic heterocycles. The van der Waals surface area contributed by atoms with Gasteiger partial charge in [0, 0.05) is 6.54 Å². The van der Waals surface area contributed by atoms with Crippen molar-refractivity contribution in [3.05, 3.63) is 46.9 Å². The van der Waals surface area contributed by atoms with E-state index in [2.05, 4.69) is 15.3 Å². The minimum absolute atomic E-state index is 0.137. The first-order valence-corrected chi connectivity index (χ1v) is 5.95. The Morgan fingerprint density at radius 2 is 2.26 bits per heavy atom. The monoisotopic (exact) mass is 277 g/mol. The van der Waals surface area contributed by atoms with Crippen LogP contribution in [0, 0.1) is 0 Å². The van der Waals surface area contributed by atoms with Crippen LogP contribution in [0.2, 0.25) is 5.15 Å². The Balaban J connectivity index is 2.14. The number of carbonyl (C=O) groups excluding carboxylic acids is 1. The minimum Gasteiger partial charge on any atom is -0.497 e. The second kappa shape index (κ2) is 6.15. The second-order valence-electron chi connectivity index (χ2n) is 3.75. The molecule has 5 nitrogen and oxygen atoms in total. The number of aldehydes is 1. The van der Waals surface area contributed by atoms with Crippen LogP contribution in [0.1, 0.15) is 15.9 Å². The lowest BCUT2D eigenvalue weighted by Crippen LogP contribution is -2.05. The maximum absolute atomic E-state index is 10.9. The van der Waals surface area contributed by atoms with Crippen molar-refractivity contribution in [3.63, 3.8) is 0 Å². The van der Waals surface area contributed by atoms with Crippen LogP contribution in [0.15, 0.2) is 30.6 Å². The molecule has 0 amide bonds. The van der Waals surface area contributed by atoms with Crippen LogP contribution in [0.3, 0.4) is 0 Å². The molecule has 1 aromatic carbocycles. The molecule has 1 heterocycles. The lowest BCUT2D eigenvalue weighted by Gasteiger charge is -2.09. The Hall–Kier alpha value is -2.14. The van der Waals surface area contributed by atoms with E-state index in [-0.39, 0.29) is 10.7 Å². The van der Waals surface area contributed by atoms with Gasteiger partial charge in [0.05, 0.1) is 12.7 Å². The van der Waals surface area contributed by atoms with Gasteiger partial charge in [-0.25, -0.2) is 9.97 Å². The number of nitrogens with zero attached hydrogens (tertiary/aromatic N) is 2. The highest BCUT2D eigenvalue weighted by atomic mass is 35.5. The molecule has 0 aliphatic heterocycles. The molecule has 0 aliphatic rings.